The van der Waals surface area contributed by atoms with Gasteiger partial charge in [-0.2, -0.15) is 0 Å². The number of nitrogens with one attached hydrogen (secondary N) is 1. The Balaban J connectivity index is 1.92. The van der Waals surface area contributed by atoms with Crippen LogP contribution in [0.5, 0.6) is 0 Å². The van der Waals surface area contributed by atoms with E-state index in [-0.39, 0.29) is 0 Å². The van der Waals surface area contributed by atoms with E-state index in [0.29, 0.717) is 0 Å². The van der Waals surface area contributed by atoms with Crippen molar-refractivity contribution >= 4 is 23.2 Å². The van der Waals surface area contributed by atoms with Crippen LogP contribution in [0, 0.1) is 0 Å². The minimum Gasteiger partial charge on any atom is -0.337 e. The van der Waals surface area contributed by atoms with Crippen molar-refractivity contribution in [2.24, 2.45) is 0 Å². The van der Waals surface area contributed by atoms with Crippen molar-refractivity contribution in [1.29, 1.82) is 0 Å². The van der Waals surface area contributed by atoms with Crippen molar-refractivity contribution in [2.75, 3.05) is 0 Å². The fraction of sp³-hybridized carbons (Fsp3) is 0. The van der Waals surface area contributed by atoms with Crippen LogP contribution in [0.2, 0.25) is 0 Å². The number of aromatic amines is 1. The Hall–Kier alpha value is -2.42. The van der Waals surface area contributed by atoms with Crippen LogP contribution in [0.15, 0.2) is 48.8 Å². The van der Waals surface area contributed by atoms with Gasteiger partial charge < -0.3 is 4.98 Å². The van der Waals surface area contributed by atoms with E-state index in [0.717, 1.165) is 22.4 Å². The second kappa shape index (κ2) is 4.22. The molecule has 0 radical (unpaired) electrons. The molecule has 0 saturated heterocycles. The minimum absolute atomic E-state index is 0.844. The summed E-state index contributed by atoms with van der Waals surface area (Å²) in [6.07, 6.45) is 7.52. The lowest BCUT2D eigenvalue weighted by Gasteiger charge is -1.89. The molecule has 0 aliphatic carbocycles. The van der Waals surface area contributed by atoms with Crippen molar-refractivity contribution in [1.82, 2.24) is 15.0 Å². The molecule has 0 fully saturated rings. The topological polar surface area (TPSA) is 41.6 Å². The average molecular weight is 221 g/mol. The average Bonchev–Trinajstić information content (AvgIpc) is 2.80. The number of aromatic nitrogens is 3. The standard InChI is InChI=1S/C14H11N3/c1-2-4-11(5-3-1)6-7-14-16-12-8-9-15-10-13(12)17-14/h1-10H,(H,16,17)/b7-6+. The maximum absolute atomic E-state index is 4.45. The van der Waals surface area contributed by atoms with E-state index >= 15 is 0 Å². The van der Waals surface area contributed by atoms with Gasteiger partial charge in [-0.25, -0.2) is 4.98 Å². The van der Waals surface area contributed by atoms with E-state index in [1.54, 1.807) is 12.4 Å². The molecule has 0 spiro atoms. The fourth-order valence-electron chi connectivity index (χ4n) is 1.69. The third kappa shape index (κ3) is 2.08. The van der Waals surface area contributed by atoms with E-state index in [1.165, 1.54) is 0 Å². The number of hydrogen-bond donors (Lipinski definition) is 1. The number of nitrogens with zero attached hydrogens (tertiary/aromatic N) is 2. The molecule has 0 aliphatic heterocycles. The Bertz CT molecular complexity index is 620. The molecule has 3 heteroatoms. The quantitative estimate of drug-likeness (QED) is 0.722. The third-order valence-electron chi connectivity index (χ3n) is 2.53. The zero-order chi connectivity index (χ0) is 11.5. The molecule has 0 aliphatic rings. The van der Waals surface area contributed by atoms with Crippen molar-refractivity contribution < 1.29 is 0 Å². The van der Waals surface area contributed by atoms with Gasteiger partial charge in [0, 0.05) is 6.20 Å². The Morgan fingerprint density at radius 1 is 1.00 bits per heavy atom. The van der Waals surface area contributed by atoms with E-state index in [1.807, 2.05) is 36.4 Å². The first-order valence-electron chi connectivity index (χ1n) is 5.45. The van der Waals surface area contributed by atoms with Gasteiger partial charge in [-0.05, 0) is 17.7 Å². The zero-order valence-corrected chi connectivity index (χ0v) is 9.17. The first-order chi connectivity index (χ1) is 8.42. The third-order valence-corrected chi connectivity index (χ3v) is 2.53. The lowest BCUT2D eigenvalue weighted by atomic mass is 10.2. The van der Waals surface area contributed by atoms with E-state index < -0.39 is 0 Å². The lowest BCUT2D eigenvalue weighted by molar-refractivity contribution is 1.29. The molecular formula is C14H11N3. The molecule has 3 rings (SSSR count). The minimum atomic E-state index is 0.844. The highest BCUT2D eigenvalue weighted by Gasteiger charge is 1.98. The fourth-order valence-corrected chi connectivity index (χ4v) is 1.69. The zero-order valence-electron chi connectivity index (χ0n) is 9.17. The SMILES string of the molecule is C(=C\c1nc2ccncc2[nH]1)/c1ccccc1. The molecule has 0 unspecified atom stereocenters. The number of rotatable bonds is 2. The summed E-state index contributed by atoms with van der Waals surface area (Å²) in [5.74, 6) is 0.844. The van der Waals surface area contributed by atoms with Gasteiger partial charge in [0.15, 0.2) is 0 Å². The molecule has 1 aromatic carbocycles. The number of imidazole rings is 1. The second-order valence-electron chi connectivity index (χ2n) is 3.76. The summed E-state index contributed by atoms with van der Waals surface area (Å²) < 4.78 is 0. The molecule has 82 valence electrons. The highest BCUT2D eigenvalue weighted by Crippen LogP contribution is 2.11. The van der Waals surface area contributed by atoms with Crippen molar-refractivity contribution in [3.8, 4) is 0 Å². The van der Waals surface area contributed by atoms with Crippen molar-refractivity contribution in [3.05, 3.63) is 60.2 Å². The smallest absolute Gasteiger partial charge is 0.131 e. The van der Waals surface area contributed by atoms with Crippen molar-refractivity contribution in [3.63, 3.8) is 0 Å². The largest absolute Gasteiger partial charge is 0.337 e. The van der Waals surface area contributed by atoms with Gasteiger partial charge in [-0.3, -0.25) is 4.98 Å². The summed E-state index contributed by atoms with van der Waals surface area (Å²) in [6, 6.07) is 12.0. The first kappa shape index (κ1) is 9.78. The summed E-state index contributed by atoms with van der Waals surface area (Å²) in [4.78, 5) is 11.7. The summed E-state index contributed by atoms with van der Waals surface area (Å²) in [6.45, 7) is 0. The summed E-state index contributed by atoms with van der Waals surface area (Å²) in [7, 11) is 0. The van der Waals surface area contributed by atoms with Gasteiger partial charge in [-0.1, -0.05) is 36.4 Å². The molecular weight excluding hydrogens is 210 g/mol. The highest BCUT2D eigenvalue weighted by molar-refractivity contribution is 5.77. The maximum Gasteiger partial charge on any atom is 0.131 e. The van der Waals surface area contributed by atoms with Crippen LogP contribution >= 0.6 is 0 Å². The molecule has 17 heavy (non-hydrogen) atoms. The summed E-state index contributed by atoms with van der Waals surface area (Å²) in [5.41, 5.74) is 3.05. The molecule has 3 aromatic rings. The predicted octanol–water partition coefficient (Wildman–Crippen LogP) is 3.13. The monoisotopic (exact) mass is 221 g/mol. The molecule has 0 saturated carbocycles. The molecule has 2 aromatic heterocycles. The normalized spacial score (nSPS) is 11.3. The molecule has 3 nitrogen and oxygen atoms in total. The summed E-state index contributed by atoms with van der Waals surface area (Å²) >= 11 is 0. The van der Waals surface area contributed by atoms with Crippen LogP contribution in [0.1, 0.15) is 11.4 Å². The Morgan fingerprint density at radius 3 is 2.71 bits per heavy atom. The van der Waals surface area contributed by atoms with Gasteiger partial charge in [0.2, 0.25) is 0 Å². The van der Waals surface area contributed by atoms with Crippen LogP contribution < -0.4 is 0 Å². The van der Waals surface area contributed by atoms with Crippen LogP contribution in [0.4, 0.5) is 0 Å². The summed E-state index contributed by atoms with van der Waals surface area (Å²) in [5, 5.41) is 0. The number of benzene rings is 1. The van der Waals surface area contributed by atoms with Gasteiger partial charge >= 0.3 is 0 Å². The molecule has 0 atom stereocenters. The Kier molecular flexibility index (Phi) is 2.43. The van der Waals surface area contributed by atoms with Crippen LogP contribution in [0.25, 0.3) is 23.2 Å². The van der Waals surface area contributed by atoms with Crippen molar-refractivity contribution in [2.45, 2.75) is 0 Å². The number of pyridine rings is 1. The Labute approximate surface area is 98.9 Å². The van der Waals surface area contributed by atoms with E-state index in [9.17, 15) is 0 Å². The molecule has 2 heterocycles. The van der Waals surface area contributed by atoms with Crippen LogP contribution in [-0.4, -0.2) is 15.0 Å². The predicted molar refractivity (Wildman–Crippen MR) is 69.3 cm³/mol. The van der Waals surface area contributed by atoms with Gasteiger partial charge in [-0.15, -0.1) is 0 Å². The van der Waals surface area contributed by atoms with E-state index in [2.05, 4.69) is 27.1 Å². The molecule has 1 N–H and O–H groups in total. The lowest BCUT2D eigenvalue weighted by Crippen LogP contribution is -1.74. The second-order valence-corrected chi connectivity index (χ2v) is 3.76. The van der Waals surface area contributed by atoms with Gasteiger partial charge in [0.1, 0.15) is 5.82 Å². The number of H-pyrrole nitrogens is 1. The Morgan fingerprint density at radius 2 is 1.88 bits per heavy atom. The first-order valence-corrected chi connectivity index (χ1v) is 5.45. The molecule has 0 amide bonds. The van der Waals surface area contributed by atoms with Crippen LogP contribution in [0.3, 0.4) is 0 Å². The number of hydrogen-bond acceptors (Lipinski definition) is 2. The number of fused-ring (bicyclic) bond motifs is 1. The van der Waals surface area contributed by atoms with Crippen LogP contribution in [-0.2, 0) is 0 Å². The highest BCUT2D eigenvalue weighted by atomic mass is 14.9. The molecule has 0 bridgehead atoms. The van der Waals surface area contributed by atoms with Gasteiger partial charge in [0.05, 0.1) is 17.2 Å². The maximum atomic E-state index is 4.45. The van der Waals surface area contributed by atoms with E-state index in [4.69, 9.17) is 0 Å². The van der Waals surface area contributed by atoms with Gasteiger partial charge in [0.25, 0.3) is 0 Å².